The molecule has 24 heavy (non-hydrogen) atoms. The van der Waals surface area contributed by atoms with Crippen LogP contribution in [-0.2, 0) is 6.42 Å². The Bertz CT molecular complexity index is 742. The van der Waals surface area contributed by atoms with Gasteiger partial charge in [0.1, 0.15) is 12.4 Å². The largest absolute Gasteiger partial charge is 0.481 e. The summed E-state index contributed by atoms with van der Waals surface area (Å²) in [7, 11) is 0. The Morgan fingerprint density at radius 2 is 1.92 bits per heavy atom. The van der Waals surface area contributed by atoms with Gasteiger partial charge < -0.3 is 15.8 Å². The van der Waals surface area contributed by atoms with Crippen LogP contribution in [0.3, 0.4) is 0 Å². The average molecular weight is 321 g/mol. The third kappa shape index (κ3) is 5.36. The zero-order valence-corrected chi connectivity index (χ0v) is 14.2. The van der Waals surface area contributed by atoms with Gasteiger partial charge in [0.05, 0.1) is 0 Å². The molecule has 2 rings (SSSR count). The van der Waals surface area contributed by atoms with E-state index in [1.165, 1.54) is 16.7 Å². The number of aliphatic imine (C=N–C) groups is 1. The molecule has 124 valence electrons. The van der Waals surface area contributed by atoms with Crippen LogP contribution in [0.2, 0.25) is 0 Å². The Kier molecular flexibility index (Phi) is 6.27. The zero-order valence-electron chi connectivity index (χ0n) is 14.2. The van der Waals surface area contributed by atoms with Crippen molar-refractivity contribution in [2.45, 2.75) is 20.3 Å². The molecule has 2 aromatic carbocycles. The smallest absolute Gasteiger partial charge is 0.193 e. The van der Waals surface area contributed by atoms with Crippen LogP contribution in [0.1, 0.15) is 16.7 Å². The van der Waals surface area contributed by atoms with E-state index in [9.17, 15) is 0 Å². The second-order valence-electron chi connectivity index (χ2n) is 5.58. The van der Waals surface area contributed by atoms with Crippen molar-refractivity contribution in [3.63, 3.8) is 0 Å². The number of aryl methyl sites for hydroxylation is 2. The van der Waals surface area contributed by atoms with Crippen molar-refractivity contribution in [3.05, 3.63) is 59.2 Å². The number of nitrogens with one attached hydrogen (secondary N) is 1. The lowest BCUT2D eigenvalue weighted by Crippen LogP contribution is -2.23. The minimum atomic E-state index is 0.282. The van der Waals surface area contributed by atoms with Gasteiger partial charge in [-0.15, -0.1) is 6.42 Å². The molecule has 0 amide bonds. The molecular formula is C20H23N3O. The molecule has 0 aromatic heterocycles. The lowest BCUT2D eigenvalue weighted by molar-refractivity contribution is 0.370. The van der Waals surface area contributed by atoms with E-state index >= 15 is 0 Å². The maximum Gasteiger partial charge on any atom is 0.193 e. The van der Waals surface area contributed by atoms with Crippen molar-refractivity contribution >= 4 is 11.6 Å². The van der Waals surface area contributed by atoms with Gasteiger partial charge in [0.25, 0.3) is 0 Å². The first-order valence-electron chi connectivity index (χ1n) is 7.88. The number of hydrogen-bond donors (Lipinski definition) is 2. The standard InChI is InChI=1S/C20H23N3O/c1-4-13-24-19-9-6-17(7-10-19)11-12-22-20(21)23-18-8-5-15(2)16(3)14-18/h1,5-10,14H,11-13H2,2-3H3,(H3,21,22,23). The maximum atomic E-state index is 5.94. The van der Waals surface area contributed by atoms with Gasteiger partial charge in [-0.3, -0.25) is 4.99 Å². The van der Waals surface area contributed by atoms with Crippen molar-refractivity contribution in [2.75, 3.05) is 18.5 Å². The molecule has 0 aliphatic rings. The molecule has 4 heteroatoms. The number of nitrogens with two attached hydrogens (primary N) is 1. The van der Waals surface area contributed by atoms with Crippen molar-refractivity contribution in [2.24, 2.45) is 10.7 Å². The minimum absolute atomic E-state index is 0.282. The number of terminal acetylenes is 1. The van der Waals surface area contributed by atoms with Crippen LogP contribution in [0.25, 0.3) is 0 Å². The van der Waals surface area contributed by atoms with Crippen molar-refractivity contribution in [1.82, 2.24) is 0 Å². The Morgan fingerprint density at radius 1 is 1.17 bits per heavy atom. The summed E-state index contributed by atoms with van der Waals surface area (Å²) in [6, 6.07) is 14.0. The van der Waals surface area contributed by atoms with Gasteiger partial charge in [-0.2, -0.15) is 0 Å². The summed E-state index contributed by atoms with van der Waals surface area (Å²) >= 11 is 0. The molecule has 0 bridgehead atoms. The van der Waals surface area contributed by atoms with E-state index in [0.29, 0.717) is 12.5 Å². The second kappa shape index (κ2) is 8.64. The Balaban J connectivity index is 1.84. The van der Waals surface area contributed by atoms with Crippen LogP contribution in [0.4, 0.5) is 5.69 Å². The second-order valence-corrected chi connectivity index (χ2v) is 5.58. The van der Waals surface area contributed by atoms with Crippen LogP contribution >= 0.6 is 0 Å². The molecule has 0 heterocycles. The normalized spacial score (nSPS) is 11.0. The number of rotatable bonds is 6. The predicted octanol–water partition coefficient (Wildman–Crippen LogP) is 3.28. The highest BCUT2D eigenvalue weighted by atomic mass is 16.5. The lowest BCUT2D eigenvalue weighted by Gasteiger charge is -2.08. The average Bonchev–Trinajstić information content (AvgIpc) is 2.57. The summed E-state index contributed by atoms with van der Waals surface area (Å²) in [4.78, 5) is 4.36. The third-order valence-corrected chi connectivity index (χ3v) is 3.71. The first kappa shape index (κ1) is 17.4. The fraction of sp³-hybridized carbons (Fsp3) is 0.250. The SMILES string of the molecule is C#CCOc1ccc(CCN=C(N)Nc2ccc(C)c(C)c2)cc1. The van der Waals surface area contributed by atoms with Gasteiger partial charge in [0.15, 0.2) is 5.96 Å². The van der Waals surface area contributed by atoms with E-state index in [0.717, 1.165) is 17.9 Å². The molecular weight excluding hydrogens is 298 g/mol. The fourth-order valence-corrected chi connectivity index (χ4v) is 2.19. The molecule has 4 nitrogen and oxygen atoms in total. The summed E-state index contributed by atoms with van der Waals surface area (Å²) in [5.41, 5.74) is 10.5. The molecule has 2 aromatic rings. The molecule has 0 fully saturated rings. The molecule has 0 saturated carbocycles. The summed E-state index contributed by atoms with van der Waals surface area (Å²) in [5, 5.41) is 3.12. The number of hydrogen-bond acceptors (Lipinski definition) is 2. The first-order valence-corrected chi connectivity index (χ1v) is 7.88. The van der Waals surface area contributed by atoms with Crippen LogP contribution in [-0.4, -0.2) is 19.1 Å². The van der Waals surface area contributed by atoms with Crippen LogP contribution in [0.15, 0.2) is 47.5 Å². The first-order chi connectivity index (χ1) is 11.6. The molecule has 0 atom stereocenters. The summed E-state index contributed by atoms with van der Waals surface area (Å²) in [6.07, 6.45) is 5.97. The highest BCUT2D eigenvalue weighted by Crippen LogP contribution is 2.14. The van der Waals surface area contributed by atoms with Crippen LogP contribution < -0.4 is 15.8 Å². The molecule has 0 aliphatic carbocycles. The summed E-state index contributed by atoms with van der Waals surface area (Å²) in [6.45, 7) is 5.06. The number of ether oxygens (including phenoxy) is 1. The van der Waals surface area contributed by atoms with E-state index < -0.39 is 0 Å². The molecule has 0 aliphatic heterocycles. The Morgan fingerprint density at radius 3 is 2.58 bits per heavy atom. The number of benzene rings is 2. The van der Waals surface area contributed by atoms with E-state index in [1.54, 1.807) is 0 Å². The van der Waals surface area contributed by atoms with Gasteiger partial charge in [0, 0.05) is 12.2 Å². The quantitative estimate of drug-likeness (QED) is 0.488. The number of guanidine groups is 1. The summed E-state index contributed by atoms with van der Waals surface area (Å²) < 4.78 is 5.34. The van der Waals surface area contributed by atoms with Gasteiger partial charge >= 0.3 is 0 Å². The predicted molar refractivity (Wildman–Crippen MR) is 101 cm³/mol. The zero-order chi connectivity index (χ0) is 17.4. The topological polar surface area (TPSA) is 59.6 Å². The van der Waals surface area contributed by atoms with Crippen LogP contribution in [0.5, 0.6) is 5.75 Å². The third-order valence-electron chi connectivity index (χ3n) is 3.71. The monoisotopic (exact) mass is 321 g/mol. The van der Waals surface area contributed by atoms with Gasteiger partial charge in [-0.05, 0) is 61.2 Å². The Hall–Kier alpha value is -2.93. The number of nitrogens with zero attached hydrogens (tertiary/aromatic N) is 1. The minimum Gasteiger partial charge on any atom is -0.481 e. The molecule has 3 N–H and O–H groups in total. The van der Waals surface area contributed by atoms with Crippen molar-refractivity contribution in [1.29, 1.82) is 0 Å². The van der Waals surface area contributed by atoms with Gasteiger partial charge in [-0.1, -0.05) is 24.1 Å². The van der Waals surface area contributed by atoms with Crippen molar-refractivity contribution in [3.8, 4) is 18.1 Å². The lowest BCUT2D eigenvalue weighted by atomic mass is 10.1. The molecule has 0 unspecified atom stereocenters. The van der Waals surface area contributed by atoms with Crippen molar-refractivity contribution < 1.29 is 4.74 Å². The number of anilines is 1. The van der Waals surface area contributed by atoms with Gasteiger partial charge in [0.2, 0.25) is 0 Å². The van der Waals surface area contributed by atoms with E-state index in [-0.39, 0.29) is 6.61 Å². The van der Waals surface area contributed by atoms with E-state index in [2.05, 4.69) is 42.2 Å². The summed E-state index contributed by atoms with van der Waals surface area (Å²) in [5.74, 6) is 3.64. The highest BCUT2D eigenvalue weighted by molar-refractivity contribution is 5.92. The van der Waals surface area contributed by atoms with Gasteiger partial charge in [-0.25, -0.2) is 0 Å². The molecule has 0 spiro atoms. The van der Waals surface area contributed by atoms with E-state index in [1.807, 2.05) is 30.3 Å². The maximum absolute atomic E-state index is 5.94. The fourth-order valence-electron chi connectivity index (χ4n) is 2.19. The Labute approximate surface area is 143 Å². The van der Waals surface area contributed by atoms with E-state index in [4.69, 9.17) is 16.9 Å². The van der Waals surface area contributed by atoms with Crippen LogP contribution in [0, 0.1) is 26.2 Å². The highest BCUT2D eigenvalue weighted by Gasteiger charge is 1.99. The molecule has 0 radical (unpaired) electrons. The molecule has 0 saturated heterocycles.